The molecule has 4 aliphatic rings. The third-order valence-electron chi connectivity index (χ3n) is 10.0. The second-order valence-electron chi connectivity index (χ2n) is 11.9. The van der Waals surface area contributed by atoms with Gasteiger partial charge in [-0.05, 0) is 74.3 Å². The zero-order valence-electron chi connectivity index (χ0n) is 22.2. The van der Waals surface area contributed by atoms with E-state index in [0.717, 1.165) is 19.3 Å². The Morgan fingerprint density at radius 2 is 1.86 bits per heavy atom. The van der Waals surface area contributed by atoms with Gasteiger partial charge in [0.2, 0.25) is 5.78 Å². The van der Waals surface area contributed by atoms with Gasteiger partial charge in [0, 0.05) is 17.8 Å². The lowest BCUT2D eigenvalue weighted by atomic mass is 9.45. The number of hydrogen-bond acceptors (Lipinski definition) is 7. The monoisotopic (exact) mass is 500 g/mol. The van der Waals surface area contributed by atoms with E-state index in [9.17, 15) is 24.3 Å². The maximum atomic E-state index is 13.7. The number of Topliss-reactive ketones (excluding diaryl/α,β-unsaturated/α-hetero) is 1. The molecule has 3 saturated carbocycles. The fraction of sp³-hybridized carbons (Fsp3) is 0.724. The maximum Gasteiger partial charge on any atom is 0.308 e. The van der Waals surface area contributed by atoms with E-state index >= 15 is 0 Å². The molecule has 4 rings (SSSR count). The van der Waals surface area contributed by atoms with Gasteiger partial charge in [0.15, 0.2) is 18.0 Å². The Morgan fingerprint density at radius 1 is 1.17 bits per heavy atom. The van der Waals surface area contributed by atoms with E-state index in [-0.39, 0.29) is 35.2 Å². The maximum absolute atomic E-state index is 13.7. The number of rotatable bonds is 7. The summed E-state index contributed by atoms with van der Waals surface area (Å²) in [6.45, 7) is 9.12. The zero-order chi connectivity index (χ0) is 26.5. The predicted molar refractivity (Wildman–Crippen MR) is 133 cm³/mol. The molecule has 1 N–H and O–H groups in total. The van der Waals surface area contributed by atoms with E-state index in [1.165, 1.54) is 12.5 Å². The number of esters is 2. The number of hydrogen-bond donors (Lipinski definition) is 1. The van der Waals surface area contributed by atoms with Crippen molar-refractivity contribution in [1.82, 2.24) is 0 Å². The molecule has 36 heavy (non-hydrogen) atoms. The van der Waals surface area contributed by atoms with E-state index in [1.54, 1.807) is 13.0 Å². The van der Waals surface area contributed by atoms with Gasteiger partial charge in [-0.3, -0.25) is 19.2 Å². The minimum absolute atomic E-state index is 0.0507. The van der Waals surface area contributed by atoms with E-state index in [1.807, 2.05) is 6.08 Å². The van der Waals surface area contributed by atoms with Crippen LogP contribution in [0.2, 0.25) is 0 Å². The van der Waals surface area contributed by atoms with E-state index in [4.69, 9.17) is 9.47 Å². The molecule has 198 valence electrons. The molecule has 0 aliphatic heterocycles. The smallest absolute Gasteiger partial charge is 0.308 e. The van der Waals surface area contributed by atoms with Crippen molar-refractivity contribution in [3.8, 4) is 0 Å². The molecule has 0 amide bonds. The molecule has 8 atom stereocenters. The Bertz CT molecular complexity index is 1010. The Hall–Kier alpha value is -2.28. The summed E-state index contributed by atoms with van der Waals surface area (Å²) in [6.07, 6.45) is 8.70. The van der Waals surface area contributed by atoms with Crippen LogP contribution in [0.4, 0.5) is 0 Å². The summed E-state index contributed by atoms with van der Waals surface area (Å²) in [5.41, 5.74) is -0.889. The summed E-state index contributed by atoms with van der Waals surface area (Å²) in [4.78, 5) is 50.3. The van der Waals surface area contributed by atoms with Crippen LogP contribution in [0.5, 0.6) is 0 Å². The molecule has 0 bridgehead atoms. The van der Waals surface area contributed by atoms with E-state index in [0.29, 0.717) is 31.1 Å². The van der Waals surface area contributed by atoms with Crippen molar-refractivity contribution in [2.45, 2.75) is 91.3 Å². The minimum atomic E-state index is -1.34. The van der Waals surface area contributed by atoms with Crippen molar-refractivity contribution in [1.29, 1.82) is 0 Å². The van der Waals surface area contributed by atoms with Gasteiger partial charge in [-0.2, -0.15) is 0 Å². The third-order valence-corrected chi connectivity index (χ3v) is 10.0. The van der Waals surface area contributed by atoms with Gasteiger partial charge >= 0.3 is 11.9 Å². The first-order valence-corrected chi connectivity index (χ1v) is 13.4. The molecule has 7 heteroatoms. The first kappa shape index (κ1) is 26.8. The Kier molecular flexibility index (Phi) is 7.10. The highest BCUT2D eigenvalue weighted by Gasteiger charge is 2.68. The summed E-state index contributed by atoms with van der Waals surface area (Å²) in [7, 11) is 0. The minimum Gasteiger partial charge on any atom is -0.457 e. The van der Waals surface area contributed by atoms with Gasteiger partial charge < -0.3 is 14.6 Å². The average Bonchev–Trinajstić information content (AvgIpc) is 3.11. The van der Waals surface area contributed by atoms with Crippen LogP contribution in [0.25, 0.3) is 0 Å². The molecule has 0 heterocycles. The lowest BCUT2D eigenvalue weighted by Crippen LogP contribution is -2.60. The van der Waals surface area contributed by atoms with Gasteiger partial charge in [-0.1, -0.05) is 39.3 Å². The fourth-order valence-electron chi connectivity index (χ4n) is 8.20. The van der Waals surface area contributed by atoms with Gasteiger partial charge in [0.1, 0.15) is 0 Å². The number of ketones is 2. The number of fused-ring (bicyclic) bond motifs is 5. The second-order valence-corrected chi connectivity index (χ2v) is 11.9. The normalized spacial score (nSPS) is 39.8. The number of aliphatic hydroxyl groups excluding tert-OH is 1. The lowest BCUT2D eigenvalue weighted by molar-refractivity contribution is -0.190. The Labute approximate surface area is 213 Å². The van der Waals surface area contributed by atoms with Gasteiger partial charge in [0.25, 0.3) is 0 Å². The predicted octanol–water partition coefficient (Wildman–Crippen LogP) is 4.12. The van der Waals surface area contributed by atoms with Gasteiger partial charge in [-0.25, -0.2) is 0 Å². The van der Waals surface area contributed by atoms with Crippen LogP contribution >= 0.6 is 0 Å². The standard InChI is InChI=1S/C29H40O7/c1-6-19(31)15-26(34)35-16-25(33)29(36-18(3)30)12-9-23-21-13-17(2)24-14-20(32)7-10-27(24,4)22(21)8-11-28(23,29)5/h7,10,14,17,19,21-23,31H,6,8-9,11-13,15-16H2,1-5H3/t17-,19?,21+,22-,23-,27+,28-,29-/m0/s1. The van der Waals surface area contributed by atoms with Crippen molar-refractivity contribution in [2.75, 3.05) is 6.61 Å². The molecular weight excluding hydrogens is 460 g/mol. The number of ether oxygens (including phenoxy) is 2. The van der Waals surface area contributed by atoms with Crippen LogP contribution in [0.3, 0.4) is 0 Å². The highest BCUT2D eigenvalue weighted by Crippen LogP contribution is 2.68. The molecule has 0 spiro atoms. The molecular formula is C29H40O7. The largest absolute Gasteiger partial charge is 0.457 e. The van der Waals surface area contributed by atoms with Crippen LogP contribution in [0.15, 0.2) is 23.8 Å². The Balaban J connectivity index is 1.61. The van der Waals surface area contributed by atoms with Gasteiger partial charge in [-0.15, -0.1) is 0 Å². The molecule has 1 unspecified atom stereocenters. The van der Waals surface area contributed by atoms with Crippen LogP contribution in [-0.2, 0) is 28.7 Å². The zero-order valence-corrected chi connectivity index (χ0v) is 22.2. The molecule has 0 radical (unpaired) electrons. The molecule has 4 aliphatic carbocycles. The topological polar surface area (TPSA) is 107 Å². The van der Waals surface area contributed by atoms with Crippen molar-refractivity contribution >= 4 is 23.5 Å². The summed E-state index contributed by atoms with van der Waals surface area (Å²) < 4.78 is 11.2. The van der Waals surface area contributed by atoms with Crippen LogP contribution in [0, 0.1) is 34.5 Å². The fourth-order valence-corrected chi connectivity index (χ4v) is 8.20. The highest BCUT2D eigenvalue weighted by atomic mass is 16.6. The number of carbonyl (C=O) groups is 4. The second kappa shape index (κ2) is 9.55. The van der Waals surface area contributed by atoms with Crippen molar-refractivity contribution in [3.63, 3.8) is 0 Å². The lowest BCUT2D eigenvalue weighted by Gasteiger charge is -2.59. The molecule has 7 nitrogen and oxygen atoms in total. The number of carbonyl (C=O) groups excluding carboxylic acids is 4. The summed E-state index contributed by atoms with van der Waals surface area (Å²) in [5, 5.41) is 9.74. The van der Waals surface area contributed by atoms with Crippen molar-refractivity contribution < 1.29 is 33.8 Å². The summed E-state index contributed by atoms with van der Waals surface area (Å²) >= 11 is 0. The number of aliphatic hydroxyl groups is 1. The van der Waals surface area contributed by atoms with E-state index < -0.39 is 35.7 Å². The van der Waals surface area contributed by atoms with Crippen molar-refractivity contribution in [3.05, 3.63) is 23.8 Å². The quantitative estimate of drug-likeness (QED) is 0.524. The van der Waals surface area contributed by atoms with Crippen LogP contribution in [0.1, 0.15) is 79.6 Å². The highest BCUT2D eigenvalue weighted by molar-refractivity contribution is 6.01. The summed E-state index contributed by atoms with van der Waals surface area (Å²) in [5.74, 6) is -0.379. The van der Waals surface area contributed by atoms with Gasteiger partial charge in [0.05, 0.1) is 12.5 Å². The number of allylic oxidation sites excluding steroid dienone is 4. The van der Waals surface area contributed by atoms with Crippen LogP contribution in [-0.4, -0.2) is 46.9 Å². The molecule has 0 aromatic heterocycles. The average molecular weight is 501 g/mol. The van der Waals surface area contributed by atoms with E-state index in [2.05, 4.69) is 26.8 Å². The molecule has 3 fully saturated rings. The molecule has 0 saturated heterocycles. The third kappa shape index (κ3) is 4.17. The molecule has 0 aromatic carbocycles. The summed E-state index contributed by atoms with van der Waals surface area (Å²) in [6, 6.07) is 0. The van der Waals surface area contributed by atoms with Crippen LogP contribution < -0.4 is 0 Å². The first-order chi connectivity index (χ1) is 16.9. The Morgan fingerprint density at radius 3 is 2.53 bits per heavy atom. The SMILES string of the molecule is CCC(O)CC(=O)OCC(=O)[C@@]1(OC(C)=O)CC[C@H]2[C@@H]3C[C@H](C)C4=CC(=O)C=C[C@]4(C)[C@H]3CC[C@@]21C. The van der Waals surface area contributed by atoms with Crippen molar-refractivity contribution in [2.24, 2.45) is 34.5 Å². The molecule has 0 aromatic rings. The first-order valence-electron chi connectivity index (χ1n) is 13.4.